The largest absolute Gasteiger partial charge is 0.496 e. The van der Waals surface area contributed by atoms with Gasteiger partial charge in [0.1, 0.15) is 11.5 Å². The molecular weight excluding hydrogens is 346 g/mol. The Hall–Kier alpha value is -2.40. The van der Waals surface area contributed by atoms with E-state index >= 15 is 0 Å². The summed E-state index contributed by atoms with van der Waals surface area (Å²) in [5, 5.41) is 3.89. The number of carbonyl (C=O) groups is 1. The van der Waals surface area contributed by atoms with E-state index in [0.717, 1.165) is 15.6 Å². The van der Waals surface area contributed by atoms with Crippen molar-refractivity contribution in [2.45, 2.75) is 0 Å². The third-order valence-corrected chi connectivity index (χ3v) is 3.73. The Morgan fingerprint density at radius 3 is 2.68 bits per heavy atom. The number of ether oxygens (including phenoxy) is 1. The van der Waals surface area contributed by atoms with E-state index in [4.69, 9.17) is 9.57 Å². The lowest BCUT2D eigenvalue weighted by molar-refractivity contribution is -0.136. The van der Waals surface area contributed by atoms with Crippen LogP contribution >= 0.6 is 15.9 Å². The zero-order valence-corrected chi connectivity index (χ0v) is 13.3. The van der Waals surface area contributed by atoms with Crippen molar-refractivity contribution in [3.05, 3.63) is 69.7 Å². The van der Waals surface area contributed by atoms with Gasteiger partial charge in [0.2, 0.25) is 0 Å². The molecule has 1 aliphatic heterocycles. The van der Waals surface area contributed by atoms with Gasteiger partial charge in [-0.15, -0.1) is 0 Å². The number of nitrogens with zero attached hydrogens (tertiary/aromatic N) is 1. The third kappa shape index (κ3) is 2.80. The van der Waals surface area contributed by atoms with Crippen LogP contribution in [-0.2, 0) is 9.63 Å². The van der Waals surface area contributed by atoms with Gasteiger partial charge < -0.3 is 9.57 Å². The molecule has 1 heterocycles. The molecule has 110 valence electrons. The molecule has 2 aromatic rings. The van der Waals surface area contributed by atoms with Crippen LogP contribution in [0.5, 0.6) is 5.75 Å². The van der Waals surface area contributed by atoms with Crippen molar-refractivity contribution in [1.82, 2.24) is 0 Å². The van der Waals surface area contributed by atoms with Crippen molar-refractivity contribution in [2.75, 3.05) is 7.11 Å². The summed E-state index contributed by atoms with van der Waals surface area (Å²) in [6.45, 7) is 0. The van der Waals surface area contributed by atoms with Crippen molar-refractivity contribution in [3.63, 3.8) is 0 Å². The maximum Gasteiger partial charge on any atom is 0.368 e. The Bertz CT molecular complexity index is 782. The molecule has 2 aromatic carbocycles. The summed E-state index contributed by atoms with van der Waals surface area (Å²) in [7, 11) is 1.59. The zero-order chi connectivity index (χ0) is 15.5. The fourth-order valence-corrected chi connectivity index (χ4v) is 2.57. The fraction of sp³-hybridized carbons (Fsp3) is 0.0588. The molecule has 1 aliphatic rings. The number of carbonyl (C=O) groups excluding carboxylic acids is 1. The summed E-state index contributed by atoms with van der Waals surface area (Å²) in [6, 6.07) is 15.0. The minimum atomic E-state index is -0.471. The van der Waals surface area contributed by atoms with E-state index in [1.807, 2.05) is 48.5 Å². The highest BCUT2D eigenvalue weighted by atomic mass is 79.9. The smallest absolute Gasteiger partial charge is 0.368 e. The number of methoxy groups -OCH3 is 1. The molecular formula is C17H12BrNO3. The van der Waals surface area contributed by atoms with Crippen molar-refractivity contribution >= 4 is 33.7 Å². The molecule has 0 N–H and O–H groups in total. The molecule has 0 atom stereocenters. The average Bonchev–Trinajstić information content (AvgIpc) is 2.90. The topological polar surface area (TPSA) is 47.9 Å². The van der Waals surface area contributed by atoms with Gasteiger partial charge in [-0.3, -0.25) is 0 Å². The molecule has 3 rings (SSSR count). The predicted octanol–water partition coefficient (Wildman–Crippen LogP) is 3.80. The van der Waals surface area contributed by atoms with Gasteiger partial charge in [-0.1, -0.05) is 51.4 Å². The standard InChI is InChI=1S/C17H12BrNO3/c1-21-15-8-7-13(18)9-12(15)10-14-16(19-22-17(14)20)11-5-3-2-4-6-11/h2-10H,1H3/b14-10-. The van der Waals surface area contributed by atoms with Crippen LogP contribution in [0.2, 0.25) is 0 Å². The Labute approximate surface area is 136 Å². The molecule has 0 aliphatic carbocycles. The van der Waals surface area contributed by atoms with Crippen LogP contribution < -0.4 is 4.74 Å². The minimum Gasteiger partial charge on any atom is -0.496 e. The first-order valence-corrected chi connectivity index (χ1v) is 7.38. The van der Waals surface area contributed by atoms with Crippen LogP contribution in [0.15, 0.2) is 63.7 Å². The molecule has 0 bridgehead atoms. The average molecular weight is 358 g/mol. The van der Waals surface area contributed by atoms with E-state index in [2.05, 4.69) is 21.1 Å². The Morgan fingerprint density at radius 2 is 1.95 bits per heavy atom. The number of oxime groups is 1. The molecule has 0 amide bonds. The van der Waals surface area contributed by atoms with E-state index in [-0.39, 0.29) is 0 Å². The SMILES string of the molecule is COc1ccc(Br)cc1/C=C1\C(=O)ON=C1c1ccccc1. The lowest BCUT2D eigenvalue weighted by Crippen LogP contribution is -2.06. The Morgan fingerprint density at radius 1 is 1.18 bits per heavy atom. The first-order chi connectivity index (χ1) is 10.7. The second kappa shape index (κ2) is 6.15. The number of halogens is 1. The number of benzene rings is 2. The summed E-state index contributed by atoms with van der Waals surface area (Å²) in [6.07, 6.45) is 1.73. The van der Waals surface area contributed by atoms with Crippen molar-refractivity contribution in [2.24, 2.45) is 5.16 Å². The van der Waals surface area contributed by atoms with E-state index in [0.29, 0.717) is 17.0 Å². The van der Waals surface area contributed by atoms with Gasteiger partial charge in [-0.05, 0) is 24.3 Å². The van der Waals surface area contributed by atoms with Crippen LogP contribution in [0.25, 0.3) is 6.08 Å². The van der Waals surface area contributed by atoms with Gasteiger partial charge in [0.05, 0.1) is 12.7 Å². The van der Waals surface area contributed by atoms with E-state index < -0.39 is 5.97 Å². The molecule has 0 radical (unpaired) electrons. The monoisotopic (exact) mass is 357 g/mol. The molecule has 0 aromatic heterocycles. The van der Waals surface area contributed by atoms with Crippen LogP contribution in [0.4, 0.5) is 0 Å². The number of rotatable bonds is 3. The quantitative estimate of drug-likeness (QED) is 0.619. The second-order valence-corrected chi connectivity index (χ2v) is 5.54. The molecule has 0 fully saturated rings. The normalized spacial score (nSPS) is 15.6. The molecule has 22 heavy (non-hydrogen) atoms. The van der Waals surface area contributed by atoms with Crippen LogP contribution in [0.1, 0.15) is 11.1 Å². The summed E-state index contributed by atoms with van der Waals surface area (Å²) in [5.41, 5.74) is 2.53. The molecule has 0 saturated heterocycles. The predicted molar refractivity (Wildman–Crippen MR) is 87.7 cm³/mol. The molecule has 0 saturated carbocycles. The van der Waals surface area contributed by atoms with E-state index in [1.165, 1.54) is 0 Å². The lowest BCUT2D eigenvalue weighted by Gasteiger charge is -2.06. The first-order valence-electron chi connectivity index (χ1n) is 6.59. The van der Waals surface area contributed by atoms with Crippen molar-refractivity contribution < 1.29 is 14.4 Å². The highest BCUT2D eigenvalue weighted by Crippen LogP contribution is 2.28. The van der Waals surface area contributed by atoms with Crippen LogP contribution in [0, 0.1) is 0 Å². The molecule has 4 nitrogen and oxygen atoms in total. The summed E-state index contributed by atoms with van der Waals surface area (Å²) < 4.78 is 6.22. The van der Waals surface area contributed by atoms with Gasteiger partial charge in [-0.2, -0.15) is 0 Å². The Kier molecular flexibility index (Phi) is 4.06. The highest BCUT2D eigenvalue weighted by Gasteiger charge is 2.27. The minimum absolute atomic E-state index is 0.405. The summed E-state index contributed by atoms with van der Waals surface area (Å²) >= 11 is 3.42. The van der Waals surface area contributed by atoms with E-state index in [9.17, 15) is 4.79 Å². The van der Waals surface area contributed by atoms with Crippen LogP contribution in [0.3, 0.4) is 0 Å². The molecule has 5 heteroatoms. The maximum absolute atomic E-state index is 12.0. The zero-order valence-electron chi connectivity index (χ0n) is 11.7. The lowest BCUT2D eigenvalue weighted by atomic mass is 10.0. The Balaban J connectivity index is 2.07. The second-order valence-electron chi connectivity index (χ2n) is 4.63. The number of hydrogen-bond acceptors (Lipinski definition) is 4. The third-order valence-electron chi connectivity index (χ3n) is 3.23. The van der Waals surface area contributed by atoms with Gasteiger partial charge in [-0.25, -0.2) is 4.79 Å². The number of hydrogen-bond donors (Lipinski definition) is 0. The van der Waals surface area contributed by atoms with Crippen molar-refractivity contribution in [1.29, 1.82) is 0 Å². The molecule has 0 spiro atoms. The van der Waals surface area contributed by atoms with Gasteiger partial charge in [0.15, 0.2) is 0 Å². The van der Waals surface area contributed by atoms with Gasteiger partial charge in [0, 0.05) is 15.6 Å². The maximum atomic E-state index is 12.0. The van der Waals surface area contributed by atoms with Crippen LogP contribution in [-0.4, -0.2) is 18.8 Å². The van der Waals surface area contributed by atoms with Crippen molar-refractivity contribution in [3.8, 4) is 5.75 Å². The van der Waals surface area contributed by atoms with Gasteiger partial charge >= 0.3 is 5.97 Å². The van der Waals surface area contributed by atoms with Gasteiger partial charge in [0.25, 0.3) is 0 Å². The van der Waals surface area contributed by atoms with E-state index in [1.54, 1.807) is 13.2 Å². The summed E-state index contributed by atoms with van der Waals surface area (Å²) in [5.74, 6) is 0.198. The highest BCUT2D eigenvalue weighted by molar-refractivity contribution is 9.10. The first kappa shape index (κ1) is 14.5. The summed E-state index contributed by atoms with van der Waals surface area (Å²) in [4.78, 5) is 16.8. The fourth-order valence-electron chi connectivity index (χ4n) is 2.19. The molecule has 0 unspecified atom stereocenters.